The molecule has 2 heterocycles. The van der Waals surface area contributed by atoms with Crippen molar-refractivity contribution >= 4 is 33.9 Å². The Labute approximate surface area is 138 Å². The summed E-state index contributed by atoms with van der Waals surface area (Å²) in [5.41, 5.74) is 0.337. The molecular weight excluding hydrogens is 340 g/mol. The number of carbonyl (C=O) groups is 2. The Morgan fingerprint density at radius 3 is 2.92 bits per heavy atom. The molecule has 0 saturated carbocycles. The first-order valence-electron chi connectivity index (χ1n) is 6.83. The van der Waals surface area contributed by atoms with E-state index in [4.69, 9.17) is 4.74 Å². The fraction of sp³-hybridized carbons (Fsp3) is 0.133. The normalized spacial score (nSPS) is 10.8. The van der Waals surface area contributed by atoms with Gasteiger partial charge in [-0.2, -0.15) is 0 Å². The molecule has 0 fully saturated rings. The Hall–Kier alpha value is -2.81. The molecule has 124 valence electrons. The van der Waals surface area contributed by atoms with Crippen molar-refractivity contribution in [3.63, 3.8) is 0 Å². The summed E-state index contributed by atoms with van der Waals surface area (Å²) in [5.74, 6) is -3.01. The molecule has 0 aliphatic carbocycles. The number of fused-ring (bicyclic) bond motifs is 1. The Balaban J connectivity index is 1.50. The number of nitrogens with one attached hydrogen (secondary N) is 1. The zero-order valence-electron chi connectivity index (χ0n) is 12.2. The summed E-state index contributed by atoms with van der Waals surface area (Å²) in [4.78, 5) is 28.3. The summed E-state index contributed by atoms with van der Waals surface area (Å²) in [6.07, 6.45) is 3.43. The number of esters is 1. The lowest BCUT2D eigenvalue weighted by molar-refractivity contribution is -0.146. The van der Waals surface area contributed by atoms with Crippen molar-refractivity contribution in [3.05, 3.63) is 53.3 Å². The second-order valence-corrected chi connectivity index (χ2v) is 5.71. The molecule has 1 aromatic carbocycles. The molecule has 0 aliphatic heterocycles. The van der Waals surface area contributed by atoms with Crippen LogP contribution in [0.4, 0.5) is 14.5 Å². The molecule has 0 spiro atoms. The van der Waals surface area contributed by atoms with E-state index in [0.29, 0.717) is 11.8 Å². The van der Waals surface area contributed by atoms with Gasteiger partial charge in [0, 0.05) is 23.8 Å². The molecule has 1 N–H and O–H groups in total. The number of amides is 1. The molecule has 0 saturated heterocycles. The maximum absolute atomic E-state index is 13.4. The van der Waals surface area contributed by atoms with Crippen molar-refractivity contribution in [3.8, 4) is 0 Å². The molecule has 0 radical (unpaired) electrons. The molecule has 1 amide bonds. The number of aromatic nitrogens is 2. The third-order valence-corrected chi connectivity index (χ3v) is 3.81. The number of hydrogen-bond acceptors (Lipinski definition) is 5. The molecule has 0 unspecified atom stereocenters. The van der Waals surface area contributed by atoms with Gasteiger partial charge in [-0.15, -0.1) is 11.3 Å². The predicted octanol–water partition coefficient (Wildman–Crippen LogP) is 2.40. The van der Waals surface area contributed by atoms with E-state index in [1.807, 2.05) is 11.6 Å². The zero-order valence-corrected chi connectivity index (χ0v) is 13.0. The number of halogens is 2. The second-order valence-electron chi connectivity index (χ2n) is 4.83. The molecule has 2 aromatic heterocycles. The van der Waals surface area contributed by atoms with Gasteiger partial charge in [0.15, 0.2) is 11.6 Å². The van der Waals surface area contributed by atoms with Crippen LogP contribution < -0.4 is 5.32 Å². The summed E-state index contributed by atoms with van der Waals surface area (Å²) in [5, 5.41) is 4.06. The average Bonchev–Trinajstić information content (AvgIpc) is 3.09. The van der Waals surface area contributed by atoms with E-state index in [0.717, 1.165) is 17.1 Å². The van der Waals surface area contributed by atoms with Crippen LogP contribution in [0.3, 0.4) is 0 Å². The first-order chi connectivity index (χ1) is 11.5. The first kappa shape index (κ1) is 16.1. The first-order valence-corrected chi connectivity index (χ1v) is 7.71. The lowest BCUT2D eigenvalue weighted by Gasteiger charge is -2.07. The van der Waals surface area contributed by atoms with Gasteiger partial charge in [0.1, 0.15) is 11.6 Å². The van der Waals surface area contributed by atoms with Crippen LogP contribution in [0.2, 0.25) is 0 Å². The molecule has 6 nitrogen and oxygen atoms in total. The highest BCUT2D eigenvalue weighted by Gasteiger charge is 2.13. The van der Waals surface area contributed by atoms with Gasteiger partial charge >= 0.3 is 5.97 Å². The maximum atomic E-state index is 13.4. The van der Waals surface area contributed by atoms with Gasteiger partial charge < -0.3 is 10.1 Å². The van der Waals surface area contributed by atoms with E-state index >= 15 is 0 Å². The van der Waals surface area contributed by atoms with E-state index in [2.05, 4.69) is 10.3 Å². The largest absolute Gasteiger partial charge is 0.455 e. The topological polar surface area (TPSA) is 72.7 Å². The monoisotopic (exact) mass is 351 g/mol. The van der Waals surface area contributed by atoms with Crippen LogP contribution in [0.15, 0.2) is 36.0 Å². The number of ether oxygens (including phenoxy) is 1. The number of benzene rings is 1. The zero-order chi connectivity index (χ0) is 17.1. The molecule has 3 aromatic rings. The summed E-state index contributed by atoms with van der Waals surface area (Å²) in [6.45, 7) is -0.572. The van der Waals surface area contributed by atoms with Gasteiger partial charge in [0.05, 0.1) is 17.8 Å². The molecular formula is C15H11F2N3O3S. The van der Waals surface area contributed by atoms with Crippen LogP contribution >= 0.6 is 11.3 Å². The van der Waals surface area contributed by atoms with E-state index in [1.54, 1.807) is 10.6 Å². The van der Waals surface area contributed by atoms with Gasteiger partial charge in [-0.25, -0.2) is 13.8 Å². The fourth-order valence-electron chi connectivity index (χ4n) is 1.98. The minimum Gasteiger partial charge on any atom is -0.455 e. The van der Waals surface area contributed by atoms with E-state index in [-0.39, 0.29) is 12.1 Å². The minimum atomic E-state index is -0.909. The van der Waals surface area contributed by atoms with Crippen molar-refractivity contribution in [2.24, 2.45) is 0 Å². The van der Waals surface area contributed by atoms with E-state index < -0.39 is 30.1 Å². The van der Waals surface area contributed by atoms with Crippen LogP contribution in [0.5, 0.6) is 0 Å². The van der Waals surface area contributed by atoms with Crippen molar-refractivity contribution in [1.29, 1.82) is 0 Å². The predicted molar refractivity (Wildman–Crippen MR) is 82.7 cm³/mol. The third-order valence-electron chi connectivity index (χ3n) is 3.04. The standard InChI is InChI=1S/C15H11F2N3O3S/c16-9-1-2-12(11(17)5-9)19-13(21)8-23-14(22)6-10-7-20-3-4-24-15(20)18-10/h1-5,7H,6,8H2,(H,19,21). The van der Waals surface area contributed by atoms with Crippen molar-refractivity contribution in [1.82, 2.24) is 9.38 Å². The summed E-state index contributed by atoms with van der Waals surface area (Å²) in [7, 11) is 0. The third kappa shape index (κ3) is 3.74. The highest BCUT2D eigenvalue weighted by Crippen LogP contribution is 2.15. The smallest absolute Gasteiger partial charge is 0.312 e. The lowest BCUT2D eigenvalue weighted by atomic mass is 10.3. The molecule has 0 atom stereocenters. The highest BCUT2D eigenvalue weighted by atomic mass is 32.1. The summed E-state index contributed by atoms with van der Waals surface area (Å²) >= 11 is 1.43. The number of hydrogen-bond donors (Lipinski definition) is 1. The molecule has 9 heteroatoms. The Bertz CT molecular complexity index is 878. The average molecular weight is 351 g/mol. The minimum absolute atomic E-state index is 0.0768. The Morgan fingerprint density at radius 2 is 2.17 bits per heavy atom. The Morgan fingerprint density at radius 1 is 1.33 bits per heavy atom. The summed E-state index contributed by atoms with van der Waals surface area (Å²) < 4.78 is 32.8. The number of rotatable bonds is 5. The van der Waals surface area contributed by atoms with Gasteiger partial charge in [-0.05, 0) is 12.1 Å². The molecule has 0 aliphatic rings. The van der Waals surface area contributed by atoms with Gasteiger partial charge in [-0.1, -0.05) is 0 Å². The van der Waals surface area contributed by atoms with Gasteiger partial charge in [-0.3, -0.25) is 14.0 Å². The van der Waals surface area contributed by atoms with Gasteiger partial charge in [0.25, 0.3) is 5.91 Å². The van der Waals surface area contributed by atoms with Crippen molar-refractivity contribution in [2.75, 3.05) is 11.9 Å². The number of nitrogens with zero attached hydrogens (tertiary/aromatic N) is 2. The molecule has 24 heavy (non-hydrogen) atoms. The number of thiazole rings is 1. The van der Waals surface area contributed by atoms with Crippen molar-refractivity contribution < 1.29 is 23.1 Å². The van der Waals surface area contributed by atoms with Crippen LogP contribution in [0.1, 0.15) is 5.69 Å². The highest BCUT2D eigenvalue weighted by molar-refractivity contribution is 7.15. The molecule has 3 rings (SSSR count). The fourth-order valence-corrected chi connectivity index (χ4v) is 2.70. The van der Waals surface area contributed by atoms with Crippen LogP contribution in [-0.4, -0.2) is 27.9 Å². The number of imidazole rings is 1. The van der Waals surface area contributed by atoms with E-state index in [9.17, 15) is 18.4 Å². The van der Waals surface area contributed by atoms with Crippen LogP contribution in [0.25, 0.3) is 4.96 Å². The SMILES string of the molecule is O=C(COC(=O)Cc1cn2ccsc2n1)Nc1ccc(F)cc1F. The molecule has 0 bridgehead atoms. The van der Waals surface area contributed by atoms with Crippen molar-refractivity contribution in [2.45, 2.75) is 6.42 Å². The second kappa shape index (κ2) is 6.75. The quantitative estimate of drug-likeness (QED) is 0.717. The van der Waals surface area contributed by atoms with Gasteiger partial charge in [0.2, 0.25) is 0 Å². The summed E-state index contributed by atoms with van der Waals surface area (Å²) in [6, 6.07) is 2.74. The van der Waals surface area contributed by atoms with Crippen LogP contribution in [-0.2, 0) is 20.7 Å². The van der Waals surface area contributed by atoms with Crippen LogP contribution in [0, 0.1) is 11.6 Å². The Kier molecular flexibility index (Phi) is 4.52. The lowest BCUT2D eigenvalue weighted by Crippen LogP contribution is -2.22. The number of carbonyl (C=O) groups excluding carboxylic acids is 2. The van der Waals surface area contributed by atoms with E-state index in [1.165, 1.54) is 11.3 Å². The maximum Gasteiger partial charge on any atom is 0.312 e. The number of anilines is 1.